The first kappa shape index (κ1) is 51.6. The average Bonchev–Trinajstić information content (AvgIpc) is 3.98. The molecule has 2 aliphatic rings. The third-order valence-electron chi connectivity index (χ3n) is 12.2. The number of hydrogen-bond acceptors (Lipinski definition) is 14. The van der Waals surface area contributed by atoms with E-state index < -0.39 is 10.0 Å². The molecule has 1 fully saturated rings. The maximum absolute atomic E-state index is 13.2. The molecule has 0 spiro atoms. The van der Waals surface area contributed by atoms with Gasteiger partial charge in [0.2, 0.25) is 11.8 Å². The fourth-order valence-corrected chi connectivity index (χ4v) is 10.2. The highest BCUT2D eigenvalue weighted by molar-refractivity contribution is 14.1. The maximum atomic E-state index is 13.2. The molecule has 10 rings (SSSR count). The number of benzene rings is 3. The summed E-state index contributed by atoms with van der Waals surface area (Å²) in [7, 11) is -3.70. The number of anilines is 2. The molecule has 372 valence electrons. The van der Waals surface area contributed by atoms with Crippen LogP contribution in [0, 0.1) is 10.5 Å². The summed E-state index contributed by atoms with van der Waals surface area (Å²) in [5.74, 6) is 2.00. The van der Waals surface area contributed by atoms with Gasteiger partial charge in [-0.25, -0.2) is 32.3 Å². The topological polar surface area (TPSA) is 205 Å². The molecule has 8 aromatic rings. The number of fused-ring (bicyclic) bond motifs is 2. The van der Waals surface area contributed by atoms with Gasteiger partial charge >= 0.3 is 0 Å². The number of nitrogens with zero attached hydrogens (tertiary/aromatic N) is 7. The lowest BCUT2D eigenvalue weighted by Crippen LogP contribution is -2.41. The van der Waals surface area contributed by atoms with Gasteiger partial charge in [0, 0.05) is 44.2 Å². The molecule has 72 heavy (non-hydrogen) atoms. The highest BCUT2D eigenvalue weighted by Crippen LogP contribution is 2.45. The Morgan fingerprint density at radius 1 is 0.708 bits per heavy atom. The lowest BCUT2D eigenvalue weighted by molar-refractivity contribution is -0.0895. The van der Waals surface area contributed by atoms with Crippen LogP contribution in [0.25, 0.3) is 39.0 Å². The Morgan fingerprint density at radius 3 is 1.86 bits per heavy atom. The quantitative estimate of drug-likeness (QED) is 0.122. The van der Waals surface area contributed by atoms with Crippen molar-refractivity contribution in [3.8, 4) is 34.3 Å². The first-order chi connectivity index (χ1) is 34.2. The zero-order valence-electron chi connectivity index (χ0n) is 41.7. The van der Waals surface area contributed by atoms with Gasteiger partial charge in [-0.3, -0.25) is 9.97 Å². The lowest BCUT2D eigenvalue weighted by atomic mass is 9.90. The number of allylic oxidation sites excluding steroid dienone is 1. The summed E-state index contributed by atoms with van der Waals surface area (Å²) in [5.41, 5.74) is 21.5. The van der Waals surface area contributed by atoms with E-state index in [4.69, 9.17) is 30.4 Å². The summed E-state index contributed by atoms with van der Waals surface area (Å²) in [6, 6.07) is 26.4. The van der Waals surface area contributed by atoms with E-state index in [-0.39, 0.29) is 34.6 Å². The molecule has 0 atom stereocenters. The number of rotatable bonds is 10. The Labute approximate surface area is 434 Å². The number of halogens is 1. The Kier molecular flexibility index (Phi) is 15.1. The van der Waals surface area contributed by atoms with E-state index in [1.165, 1.54) is 20.7 Å². The minimum atomic E-state index is -3.70. The van der Waals surface area contributed by atoms with Crippen molar-refractivity contribution in [3.05, 3.63) is 166 Å². The van der Waals surface area contributed by atoms with E-state index in [9.17, 15) is 8.42 Å². The number of pyridine rings is 2. The average molecular weight is 1100 g/mol. The predicted octanol–water partition coefficient (Wildman–Crippen LogP) is 11.2. The third-order valence-corrected chi connectivity index (χ3v) is 14.7. The van der Waals surface area contributed by atoms with Crippen molar-refractivity contribution in [1.29, 1.82) is 0 Å². The van der Waals surface area contributed by atoms with Crippen LogP contribution in [0.2, 0.25) is 0 Å². The summed E-state index contributed by atoms with van der Waals surface area (Å²) >= 11 is 2.16. The maximum Gasteiger partial charge on any atom is 0.268 e. The highest BCUT2D eigenvalue weighted by atomic mass is 127. The van der Waals surface area contributed by atoms with Gasteiger partial charge in [0.05, 0.1) is 70.0 Å². The SMILES string of the molecule is CC(C)Oc1cncc(-c2ccc3c(c2)C(c2ccnc(N)c2)=CC3)n1.CC1(C)OC(c2ccnc(N)c2)OC1(C)C.Cc1ccc(S(=O)(=O)n2cc(I)c3cc(-c4cncc(OC(C)C)n4)ccc32)cc1. The van der Waals surface area contributed by atoms with E-state index in [2.05, 4.69) is 76.8 Å². The molecule has 0 amide bonds. The second kappa shape index (κ2) is 21.1. The second-order valence-electron chi connectivity index (χ2n) is 18.9. The first-order valence-corrected chi connectivity index (χ1v) is 25.9. The smallest absolute Gasteiger partial charge is 0.268 e. The molecule has 5 aromatic heterocycles. The zero-order chi connectivity index (χ0) is 51.5. The van der Waals surface area contributed by atoms with Gasteiger partial charge < -0.3 is 30.4 Å². The van der Waals surface area contributed by atoms with Crippen molar-refractivity contribution >= 4 is 60.7 Å². The van der Waals surface area contributed by atoms with E-state index in [1.54, 1.807) is 79.8 Å². The molecule has 1 aliphatic carbocycles. The molecule has 1 saturated heterocycles. The zero-order valence-corrected chi connectivity index (χ0v) is 44.6. The molecule has 15 nitrogen and oxygen atoms in total. The largest absolute Gasteiger partial charge is 0.474 e. The monoisotopic (exact) mass is 1100 g/mol. The molecule has 0 unspecified atom stereocenters. The number of nitrogens with two attached hydrogens (primary N) is 2. The van der Waals surface area contributed by atoms with Gasteiger partial charge in [-0.05, 0) is 168 Å². The molecule has 4 N–H and O–H groups in total. The van der Waals surface area contributed by atoms with Crippen LogP contribution in [-0.4, -0.2) is 65.7 Å². The normalized spacial score (nSPS) is 14.8. The van der Waals surface area contributed by atoms with E-state index in [1.807, 2.05) is 92.6 Å². The van der Waals surface area contributed by atoms with Crippen LogP contribution < -0.4 is 20.9 Å². The van der Waals surface area contributed by atoms with Crippen molar-refractivity contribution in [2.24, 2.45) is 0 Å². The molecule has 6 heterocycles. The molecule has 1 aliphatic heterocycles. The molecule has 3 aromatic carbocycles. The van der Waals surface area contributed by atoms with Gasteiger partial charge in [-0.15, -0.1) is 0 Å². The van der Waals surface area contributed by atoms with Crippen molar-refractivity contribution in [3.63, 3.8) is 0 Å². The minimum absolute atomic E-state index is 0.000934. The number of aromatic nitrogens is 7. The molecule has 0 bridgehead atoms. The number of ether oxygens (including phenoxy) is 4. The fraction of sp³-hybridized carbons (Fsp3) is 0.273. The van der Waals surface area contributed by atoms with Crippen LogP contribution in [0.4, 0.5) is 11.6 Å². The van der Waals surface area contributed by atoms with Crippen LogP contribution in [0.1, 0.15) is 89.5 Å². The summed E-state index contributed by atoms with van der Waals surface area (Å²) < 4.78 is 51.7. The summed E-state index contributed by atoms with van der Waals surface area (Å²) in [6.07, 6.45) is 14.5. The Hall–Kier alpha value is -6.80. The van der Waals surface area contributed by atoms with Crippen LogP contribution >= 0.6 is 22.6 Å². The standard InChI is InChI=1S/C22H20IN3O3S.C21H20N4O.C12H18N2O2/c1-14(2)29-22-12-24-11-20(25-22)16-6-9-21-18(10-16)19(23)13-26(21)30(27,28)17-7-4-15(3)5-8-17;1-13(2)26-21-12-23-11-19(25-21)16-4-3-14-5-6-17(18(14)9-16)15-7-8-24-20(22)10-15;1-11(2)12(3,4)16-10(15-11)8-5-6-14-9(13)7-8/h4-14H,1-3H3;3-4,6-13H,5H2,1-2H3,(H2,22,24);5-7,10H,1-4H3,(H2,13,14). The van der Waals surface area contributed by atoms with E-state index in [0.29, 0.717) is 34.6 Å². The summed E-state index contributed by atoms with van der Waals surface area (Å²) in [5, 5.41) is 0.834. The van der Waals surface area contributed by atoms with Crippen LogP contribution in [0.3, 0.4) is 0 Å². The molecule has 0 radical (unpaired) electrons. The Morgan fingerprint density at radius 2 is 1.28 bits per heavy atom. The minimum Gasteiger partial charge on any atom is -0.474 e. The van der Waals surface area contributed by atoms with Crippen molar-refractivity contribution in [2.75, 3.05) is 11.5 Å². The Bertz CT molecular complexity index is 3380. The van der Waals surface area contributed by atoms with Crippen LogP contribution in [0.15, 0.2) is 139 Å². The van der Waals surface area contributed by atoms with Crippen LogP contribution in [-0.2, 0) is 25.9 Å². The first-order valence-electron chi connectivity index (χ1n) is 23.4. The number of aryl methyl sites for hydroxylation is 1. The summed E-state index contributed by atoms with van der Waals surface area (Å²) in [4.78, 5) is 25.9. The molecule has 17 heteroatoms. The van der Waals surface area contributed by atoms with Crippen molar-refractivity contribution in [2.45, 2.75) is 103 Å². The number of nitrogen functional groups attached to an aromatic ring is 2. The Balaban J connectivity index is 0.000000151. The second-order valence-corrected chi connectivity index (χ2v) is 21.9. The molecular weight excluding hydrogens is 1040 g/mol. The van der Waals surface area contributed by atoms with Gasteiger partial charge in [-0.2, -0.15) is 0 Å². The van der Waals surface area contributed by atoms with Gasteiger partial charge in [0.1, 0.15) is 11.6 Å². The predicted molar refractivity (Wildman–Crippen MR) is 290 cm³/mol. The van der Waals surface area contributed by atoms with Crippen molar-refractivity contribution < 1.29 is 27.4 Å². The van der Waals surface area contributed by atoms with Gasteiger partial charge in [0.25, 0.3) is 10.0 Å². The van der Waals surface area contributed by atoms with Gasteiger partial charge in [0.15, 0.2) is 6.29 Å². The van der Waals surface area contributed by atoms with E-state index >= 15 is 0 Å². The summed E-state index contributed by atoms with van der Waals surface area (Å²) in [6.45, 7) is 17.8. The number of hydrogen-bond donors (Lipinski definition) is 2. The molecule has 0 saturated carbocycles. The van der Waals surface area contributed by atoms with Crippen LogP contribution in [0.5, 0.6) is 11.8 Å². The fourth-order valence-electron chi connectivity index (χ4n) is 7.88. The van der Waals surface area contributed by atoms with Crippen molar-refractivity contribution in [1.82, 2.24) is 33.9 Å². The lowest BCUT2D eigenvalue weighted by Gasteiger charge is -2.30. The van der Waals surface area contributed by atoms with E-state index in [0.717, 1.165) is 48.9 Å². The highest BCUT2D eigenvalue weighted by Gasteiger charge is 2.49. The van der Waals surface area contributed by atoms with Gasteiger partial charge in [-0.1, -0.05) is 42.0 Å². The molecular formula is C55H58IN9O6S. The third kappa shape index (κ3) is 11.6.